The van der Waals surface area contributed by atoms with Crippen molar-refractivity contribution in [2.45, 2.75) is 32.1 Å². The van der Waals surface area contributed by atoms with Crippen LogP contribution in [0.2, 0.25) is 5.02 Å². The Morgan fingerprint density at radius 3 is 2.41 bits per heavy atom. The van der Waals surface area contributed by atoms with Crippen LogP contribution in [0.25, 0.3) is 0 Å². The SMILES string of the molecule is CCN(C(=O)[C@H]1CCN(C(=O)c2ccc(OCCCC(N)=O)cc2)c2ccccc21)c1ccc(Cl)cc1. The molecule has 1 aliphatic rings. The topological polar surface area (TPSA) is 92.9 Å². The molecule has 8 heteroatoms. The molecule has 0 unspecified atom stereocenters. The fraction of sp³-hybridized carbons (Fsp3) is 0.276. The van der Waals surface area contributed by atoms with Crippen molar-refractivity contribution in [3.8, 4) is 5.75 Å². The minimum atomic E-state index is -0.359. The second kappa shape index (κ2) is 11.9. The molecule has 7 nitrogen and oxygen atoms in total. The van der Waals surface area contributed by atoms with Crippen LogP contribution < -0.4 is 20.3 Å². The minimum absolute atomic E-state index is 0.00205. The van der Waals surface area contributed by atoms with E-state index in [0.717, 1.165) is 16.9 Å². The molecule has 0 fully saturated rings. The Kier molecular flexibility index (Phi) is 8.46. The molecular formula is C29H30ClN3O4. The number of benzene rings is 3. The first-order valence-electron chi connectivity index (χ1n) is 12.4. The molecule has 0 spiro atoms. The van der Waals surface area contributed by atoms with E-state index in [1.807, 2.05) is 43.3 Å². The summed E-state index contributed by atoms with van der Waals surface area (Å²) >= 11 is 6.04. The molecule has 0 aromatic heterocycles. The van der Waals surface area contributed by atoms with Gasteiger partial charge in [-0.2, -0.15) is 0 Å². The van der Waals surface area contributed by atoms with E-state index in [0.29, 0.717) is 48.9 Å². The largest absolute Gasteiger partial charge is 0.494 e. The third-order valence-corrected chi connectivity index (χ3v) is 6.70. The normalized spacial score (nSPS) is 14.5. The van der Waals surface area contributed by atoms with E-state index in [-0.39, 0.29) is 30.1 Å². The highest BCUT2D eigenvalue weighted by Crippen LogP contribution is 2.38. The maximum Gasteiger partial charge on any atom is 0.258 e. The quantitative estimate of drug-likeness (QED) is 0.395. The summed E-state index contributed by atoms with van der Waals surface area (Å²) in [6, 6.07) is 21.8. The van der Waals surface area contributed by atoms with Crippen molar-refractivity contribution in [1.82, 2.24) is 0 Å². The van der Waals surface area contributed by atoms with E-state index in [1.54, 1.807) is 46.2 Å². The van der Waals surface area contributed by atoms with Gasteiger partial charge in [-0.25, -0.2) is 0 Å². The van der Waals surface area contributed by atoms with Gasteiger partial charge in [0.05, 0.1) is 12.5 Å². The number of halogens is 1. The highest BCUT2D eigenvalue weighted by Gasteiger charge is 2.35. The number of carbonyl (C=O) groups is 3. The minimum Gasteiger partial charge on any atom is -0.494 e. The number of hydrogen-bond donors (Lipinski definition) is 1. The summed E-state index contributed by atoms with van der Waals surface area (Å²) in [7, 11) is 0. The number of carbonyl (C=O) groups excluding carboxylic acids is 3. The van der Waals surface area contributed by atoms with Gasteiger partial charge in [-0.3, -0.25) is 14.4 Å². The Bertz CT molecular complexity index is 1260. The number of primary amides is 1. The number of ether oxygens (including phenoxy) is 1. The fourth-order valence-electron chi connectivity index (χ4n) is 4.59. The van der Waals surface area contributed by atoms with Gasteiger partial charge in [0.1, 0.15) is 5.75 Å². The number of nitrogens with zero attached hydrogens (tertiary/aromatic N) is 2. The highest BCUT2D eigenvalue weighted by atomic mass is 35.5. The number of likely N-dealkylation sites (N-methyl/N-ethyl adjacent to an activating group) is 1. The Balaban J connectivity index is 1.50. The van der Waals surface area contributed by atoms with Crippen molar-refractivity contribution < 1.29 is 19.1 Å². The molecule has 37 heavy (non-hydrogen) atoms. The number of amides is 3. The average molecular weight is 520 g/mol. The zero-order valence-electron chi connectivity index (χ0n) is 20.7. The second-order valence-corrected chi connectivity index (χ2v) is 9.29. The van der Waals surface area contributed by atoms with Gasteiger partial charge in [0.25, 0.3) is 5.91 Å². The van der Waals surface area contributed by atoms with Gasteiger partial charge >= 0.3 is 0 Å². The maximum atomic E-state index is 13.7. The summed E-state index contributed by atoms with van der Waals surface area (Å²) in [5, 5.41) is 0.618. The third-order valence-electron chi connectivity index (χ3n) is 6.45. The van der Waals surface area contributed by atoms with Crippen LogP contribution in [0.5, 0.6) is 5.75 Å². The van der Waals surface area contributed by atoms with Gasteiger partial charge in [0.2, 0.25) is 11.8 Å². The first-order valence-corrected chi connectivity index (χ1v) is 12.8. The lowest BCUT2D eigenvalue weighted by atomic mass is 9.88. The lowest BCUT2D eigenvalue weighted by Gasteiger charge is -2.36. The summed E-state index contributed by atoms with van der Waals surface area (Å²) in [5.41, 5.74) is 8.06. The number of anilines is 2. The first-order chi connectivity index (χ1) is 17.9. The number of nitrogens with two attached hydrogens (primary N) is 1. The van der Waals surface area contributed by atoms with Crippen LogP contribution >= 0.6 is 11.6 Å². The van der Waals surface area contributed by atoms with Crippen LogP contribution in [0, 0.1) is 0 Å². The highest BCUT2D eigenvalue weighted by molar-refractivity contribution is 6.30. The van der Waals surface area contributed by atoms with Crippen molar-refractivity contribution >= 4 is 40.7 Å². The number of rotatable bonds is 9. The molecule has 1 aliphatic heterocycles. The van der Waals surface area contributed by atoms with E-state index in [4.69, 9.17) is 22.1 Å². The van der Waals surface area contributed by atoms with Crippen LogP contribution in [0.3, 0.4) is 0 Å². The van der Waals surface area contributed by atoms with Crippen molar-refractivity contribution in [1.29, 1.82) is 0 Å². The molecule has 4 rings (SSSR count). The second-order valence-electron chi connectivity index (χ2n) is 8.86. The molecule has 0 saturated carbocycles. The summed E-state index contributed by atoms with van der Waals surface area (Å²) in [6.07, 6.45) is 1.32. The Hall–Kier alpha value is -3.84. The molecule has 3 aromatic rings. The maximum absolute atomic E-state index is 13.7. The summed E-state index contributed by atoms with van der Waals surface area (Å²) < 4.78 is 5.63. The van der Waals surface area contributed by atoms with E-state index >= 15 is 0 Å². The van der Waals surface area contributed by atoms with Crippen LogP contribution in [0.15, 0.2) is 72.8 Å². The summed E-state index contributed by atoms with van der Waals surface area (Å²) in [6.45, 7) is 3.27. The predicted molar refractivity (Wildman–Crippen MR) is 145 cm³/mol. The Morgan fingerprint density at radius 1 is 1.03 bits per heavy atom. The van der Waals surface area contributed by atoms with Gasteiger partial charge in [0, 0.05) is 41.5 Å². The first kappa shape index (κ1) is 26.2. The van der Waals surface area contributed by atoms with E-state index in [1.165, 1.54) is 0 Å². The fourth-order valence-corrected chi connectivity index (χ4v) is 4.72. The van der Waals surface area contributed by atoms with Gasteiger partial charge in [-0.15, -0.1) is 0 Å². The van der Waals surface area contributed by atoms with Gasteiger partial charge in [-0.1, -0.05) is 29.8 Å². The summed E-state index contributed by atoms with van der Waals surface area (Å²) in [5.74, 6) is -0.229. The molecule has 0 bridgehead atoms. The zero-order valence-corrected chi connectivity index (χ0v) is 21.5. The molecule has 3 amide bonds. The van der Waals surface area contributed by atoms with Crippen molar-refractivity contribution in [2.24, 2.45) is 5.73 Å². The van der Waals surface area contributed by atoms with E-state index in [9.17, 15) is 14.4 Å². The lowest BCUT2D eigenvalue weighted by molar-refractivity contribution is -0.120. The Labute approximate surface area is 221 Å². The third kappa shape index (κ3) is 6.12. The molecular weight excluding hydrogens is 490 g/mol. The number of para-hydroxylation sites is 1. The molecule has 1 heterocycles. The Morgan fingerprint density at radius 2 is 1.73 bits per heavy atom. The van der Waals surface area contributed by atoms with Crippen molar-refractivity contribution in [3.05, 3.63) is 88.9 Å². The molecule has 3 aromatic carbocycles. The van der Waals surface area contributed by atoms with Crippen LogP contribution in [0.1, 0.15) is 48.0 Å². The van der Waals surface area contributed by atoms with Gasteiger partial charge in [-0.05, 0) is 79.9 Å². The smallest absolute Gasteiger partial charge is 0.258 e. The lowest BCUT2D eigenvalue weighted by Crippen LogP contribution is -2.42. The van der Waals surface area contributed by atoms with Gasteiger partial charge in [0.15, 0.2) is 0 Å². The van der Waals surface area contributed by atoms with Crippen molar-refractivity contribution in [2.75, 3.05) is 29.5 Å². The molecule has 192 valence electrons. The molecule has 0 saturated heterocycles. The summed E-state index contributed by atoms with van der Waals surface area (Å²) in [4.78, 5) is 41.5. The molecule has 0 aliphatic carbocycles. The van der Waals surface area contributed by atoms with E-state index in [2.05, 4.69) is 0 Å². The molecule has 0 radical (unpaired) electrons. The van der Waals surface area contributed by atoms with Crippen LogP contribution in [-0.4, -0.2) is 37.4 Å². The van der Waals surface area contributed by atoms with E-state index < -0.39 is 0 Å². The number of hydrogen-bond acceptors (Lipinski definition) is 4. The standard InChI is InChI=1S/C29H30ClN3O4/c1-2-32(22-13-11-21(30)12-14-22)29(36)25-17-18-33(26-7-4-3-6-24(25)26)28(35)20-9-15-23(16-10-20)37-19-5-8-27(31)34/h3-4,6-7,9-16,25H,2,5,8,17-19H2,1H3,(H2,31,34)/t25-/m0/s1. The number of fused-ring (bicyclic) bond motifs is 1. The average Bonchev–Trinajstić information content (AvgIpc) is 2.91. The predicted octanol–water partition coefficient (Wildman–Crippen LogP) is 5.17. The van der Waals surface area contributed by atoms with Crippen molar-refractivity contribution in [3.63, 3.8) is 0 Å². The monoisotopic (exact) mass is 519 g/mol. The van der Waals surface area contributed by atoms with Crippen LogP contribution in [0.4, 0.5) is 11.4 Å². The molecule has 2 N–H and O–H groups in total. The zero-order chi connectivity index (χ0) is 26.4. The molecule has 1 atom stereocenters. The van der Waals surface area contributed by atoms with Crippen LogP contribution in [-0.2, 0) is 9.59 Å². The van der Waals surface area contributed by atoms with Gasteiger partial charge < -0.3 is 20.3 Å².